The lowest BCUT2D eigenvalue weighted by atomic mass is 9.83. The van der Waals surface area contributed by atoms with Crippen molar-refractivity contribution in [2.24, 2.45) is 11.1 Å². The molecule has 0 spiro atoms. The second-order valence-corrected chi connectivity index (χ2v) is 6.06. The molecule has 0 aliphatic heterocycles. The molecule has 0 heterocycles. The van der Waals surface area contributed by atoms with Crippen molar-refractivity contribution >= 4 is 11.6 Å². The first-order chi connectivity index (χ1) is 9.59. The van der Waals surface area contributed by atoms with E-state index in [2.05, 4.69) is 6.92 Å². The van der Waals surface area contributed by atoms with Gasteiger partial charge >= 0.3 is 0 Å². The van der Waals surface area contributed by atoms with E-state index in [0.29, 0.717) is 0 Å². The molecular weight excluding hydrogens is 248 g/mol. The molecule has 2 atom stereocenters. The minimum atomic E-state index is -0.399. The van der Waals surface area contributed by atoms with Crippen LogP contribution in [-0.4, -0.2) is 18.5 Å². The SMILES string of the molecule is CCCCN(C(=O)C1(C)CCCC1N)c1ccccc1. The quantitative estimate of drug-likeness (QED) is 0.895. The van der Waals surface area contributed by atoms with E-state index in [1.807, 2.05) is 42.2 Å². The second kappa shape index (κ2) is 6.40. The molecular formula is C17H26N2O. The lowest BCUT2D eigenvalue weighted by Gasteiger charge is -2.34. The molecule has 2 rings (SSSR count). The monoisotopic (exact) mass is 274 g/mol. The first-order valence-electron chi connectivity index (χ1n) is 7.72. The number of carbonyl (C=O) groups is 1. The lowest BCUT2D eigenvalue weighted by molar-refractivity contribution is -0.127. The van der Waals surface area contributed by atoms with E-state index in [9.17, 15) is 4.79 Å². The van der Waals surface area contributed by atoms with Gasteiger partial charge in [-0.05, 0) is 38.3 Å². The summed E-state index contributed by atoms with van der Waals surface area (Å²) in [5, 5.41) is 0. The van der Waals surface area contributed by atoms with E-state index >= 15 is 0 Å². The van der Waals surface area contributed by atoms with Gasteiger partial charge in [0, 0.05) is 18.3 Å². The predicted octanol–water partition coefficient (Wildman–Crippen LogP) is 3.34. The van der Waals surface area contributed by atoms with Crippen LogP contribution >= 0.6 is 0 Å². The number of hydrogen-bond donors (Lipinski definition) is 1. The topological polar surface area (TPSA) is 46.3 Å². The molecule has 2 unspecified atom stereocenters. The van der Waals surface area contributed by atoms with Crippen LogP contribution in [-0.2, 0) is 4.79 Å². The molecule has 1 amide bonds. The summed E-state index contributed by atoms with van der Waals surface area (Å²) >= 11 is 0. The summed E-state index contributed by atoms with van der Waals surface area (Å²) in [6.45, 7) is 4.97. The first-order valence-corrected chi connectivity index (χ1v) is 7.72. The van der Waals surface area contributed by atoms with E-state index in [-0.39, 0.29) is 11.9 Å². The standard InChI is InChI=1S/C17H26N2O/c1-3-4-13-19(14-9-6-5-7-10-14)16(20)17(2)12-8-11-15(17)18/h5-7,9-10,15H,3-4,8,11-13,18H2,1-2H3. The number of rotatable bonds is 5. The van der Waals surface area contributed by atoms with Crippen LogP contribution in [0.2, 0.25) is 0 Å². The summed E-state index contributed by atoms with van der Waals surface area (Å²) in [7, 11) is 0. The van der Waals surface area contributed by atoms with Crippen molar-refractivity contribution in [2.45, 2.75) is 52.0 Å². The van der Waals surface area contributed by atoms with Gasteiger partial charge < -0.3 is 10.6 Å². The van der Waals surface area contributed by atoms with Gasteiger partial charge in [0.15, 0.2) is 0 Å². The van der Waals surface area contributed by atoms with Crippen LogP contribution in [0.15, 0.2) is 30.3 Å². The van der Waals surface area contributed by atoms with Crippen molar-refractivity contribution in [3.63, 3.8) is 0 Å². The van der Waals surface area contributed by atoms with Gasteiger partial charge in [0.1, 0.15) is 0 Å². The van der Waals surface area contributed by atoms with Gasteiger partial charge in [-0.1, -0.05) is 38.0 Å². The lowest BCUT2D eigenvalue weighted by Crippen LogP contribution is -2.49. The Labute approximate surface area is 122 Å². The first kappa shape index (κ1) is 15.0. The Balaban J connectivity index is 2.25. The van der Waals surface area contributed by atoms with Crippen LogP contribution < -0.4 is 10.6 Å². The van der Waals surface area contributed by atoms with Gasteiger partial charge in [-0.25, -0.2) is 0 Å². The van der Waals surface area contributed by atoms with E-state index in [4.69, 9.17) is 5.73 Å². The minimum absolute atomic E-state index is 0.0113. The molecule has 0 aromatic heterocycles. The third-order valence-electron chi connectivity index (χ3n) is 4.57. The maximum Gasteiger partial charge on any atom is 0.234 e. The molecule has 1 saturated carbocycles. The summed E-state index contributed by atoms with van der Waals surface area (Å²) < 4.78 is 0. The fourth-order valence-electron chi connectivity index (χ4n) is 3.04. The molecule has 3 heteroatoms. The molecule has 1 aliphatic rings. The fraction of sp³-hybridized carbons (Fsp3) is 0.588. The summed E-state index contributed by atoms with van der Waals surface area (Å²) in [5.74, 6) is 0.196. The minimum Gasteiger partial charge on any atom is -0.327 e. The molecule has 1 aliphatic carbocycles. The average molecular weight is 274 g/mol. The zero-order valence-electron chi connectivity index (χ0n) is 12.6. The highest BCUT2D eigenvalue weighted by Crippen LogP contribution is 2.39. The van der Waals surface area contributed by atoms with Crippen LogP contribution in [0.5, 0.6) is 0 Å². The third-order valence-corrected chi connectivity index (χ3v) is 4.57. The summed E-state index contributed by atoms with van der Waals surface area (Å²) in [4.78, 5) is 15.0. The zero-order valence-corrected chi connectivity index (χ0v) is 12.6. The number of unbranched alkanes of at least 4 members (excludes halogenated alkanes) is 1. The number of hydrogen-bond acceptors (Lipinski definition) is 2. The van der Waals surface area contributed by atoms with Crippen LogP contribution in [0.3, 0.4) is 0 Å². The summed E-state index contributed by atoms with van der Waals surface area (Å²) in [6.07, 6.45) is 5.02. The van der Waals surface area contributed by atoms with Crippen LogP contribution in [0.4, 0.5) is 5.69 Å². The van der Waals surface area contributed by atoms with Gasteiger partial charge in [-0.15, -0.1) is 0 Å². The summed E-state index contributed by atoms with van der Waals surface area (Å²) in [5.41, 5.74) is 6.80. The Morgan fingerprint density at radius 2 is 2.10 bits per heavy atom. The van der Waals surface area contributed by atoms with Crippen molar-refractivity contribution in [3.05, 3.63) is 30.3 Å². The van der Waals surface area contributed by atoms with Gasteiger partial charge in [0.25, 0.3) is 0 Å². The molecule has 2 N–H and O–H groups in total. The highest BCUT2D eigenvalue weighted by molar-refractivity contribution is 5.98. The number of benzene rings is 1. The predicted molar refractivity (Wildman–Crippen MR) is 83.6 cm³/mol. The molecule has 1 aromatic carbocycles. The number of amides is 1. The zero-order chi connectivity index (χ0) is 14.6. The Hall–Kier alpha value is -1.35. The van der Waals surface area contributed by atoms with E-state index in [1.165, 1.54) is 0 Å². The highest BCUT2D eigenvalue weighted by Gasteiger charge is 2.45. The normalized spacial score (nSPS) is 25.6. The molecule has 20 heavy (non-hydrogen) atoms. The van der Waals surface area contributed by atoms with Crippen LogP contribution in [0.25, 0.3) is 0 Å². The molecule has 3 nitrogen and oxygen atoms in total. The van der Waals surface area contributed by atoms with Crippen molar-refractivity contribution in [2.75, 3.05) is 11.4 Å². The van der Waals surface area contributed by atoms with Gasteiger partial charge in [-0.3, -0.25) is 4.79 Å². The van der Waals surface area contributed by atoms with Gasteiger partial charge in [-0.2, -0.15) is 0 Å². The smallest absolute Gasteiger partial charge is 0.234 e. The van der Waals surface area contributed by atoms with Crippen LogP contribution in [0, 0.1) is 5.41 Å². The Morgan fingerprint density at radius 1 is 1.40 bits per heavy atom. The van der Waals surface area contributed by atoms with E-state index in [0.717, 1.165) is 44.3 Å². The van der Waals surface area contributed by atoms with Crippen molar-refractivity contribution in [1.29, 1.82) is 0 Å². The maximum absolute atomic E-state index is 13.0. The fourth-order valence-corrected chi connectivity index (χ4v) is 3.04. The van der Waals surface area contributed by atoms with E-state index < -0.39 is 5.41 Å². The Kier molecular flexibility index (Phi) is 4.81. The molecule has 0 bridgehead atoms. The molecule has 1 aromatic rings. The van der Waals surface area contributed by atoms with Crippen molar-refractivity contribution in [1.82, 2.24) is 0 Å². The average Bonchev–Trinajstić information content (AvgIpc) is 2.81. The number of nitrogens with two attached hydrogens (primary N) is 1. The van der Waals surface area contributed by atoms with Crippen molar-refractivity contribution in [3.8, 4) is 0 Å². The van der Waals surface area contributed by atoms with Crippen LogP contribution in [0.1, 0.15) is 46.0 Å². The maximum atomic E-state index is 13.0. The Morgan fingerprint density at radius 3 is 2.65 bits per heavy atom. The third kappa shape index (κ3) is 2.88. The number of carbonyl (C=O) groups excluding carboxylic acids is 1. The number of nitrogens with zero attached hydrogens (tertiary/aromatic N) is 1. The highest BCUT2D eigenvalue weighted by atomic mass is 16.2. The number of anilines is 1. The molecule has 110 valence electrons. The van der Waals surface area contributed by atoms with Gasteiger partial charge in [0.05, 0.1) is 5.41 Å². The second-order valence-electron chi connectivity index (χ2n) is 6.06. The molecule has 0 radical (unpaired) electrons. The van der Waals surface area contributed by atoms with E-state index in [1.54, 1.807) is 0 Å². The van der Waals surface area contributed by atoms with Gasteiger partial charge in [0.2, 0.25) is 5.91 Å². The largest absolute Gasteiger partial charge is 0.327 e. The number of para-hydroxylation sites is 1. The Bertz CT molecular complexity index is 446. The molecule has 1 fully saturated rings. The van der Waals surface area contributed by atoms with Crippen molar-refractivity contribution < 1.29 is 4.79 Å². The summed E-state index contributed by atoms with van der Waals surface area (Å²) in [6, 6.07) is 9.96. The molecule has 0 saturated heterocycles.